The third kappa shape index (κ3) is 3.60. The van der Waals surface area contributed by atoms with E-state index in [9.17, 15) is 4.79 Å². The normalized spacial score (nSPS) is 11.9. The first kappa shape index (κ1) is 17.3. The monoisotopic (exact) mass is 469 g/mol. The average Bonchev–Trinajstić information content (AvgIpc) is 3.01. The number of nitrogens with one attached hydrogen (secondary N) is 1. The van der Waals surface area contributed by atoms with Crippen LogP contribution in [0.4, 0.5) is 5.13 Å². The van der Waals surface area contributed by atoms with Gasteiger partial charge in [0, 0.05) is 21.0 Å². The van der Waals surface area contributed by atoms with Crippen molar-refractivity contribution in [2.24, 2.45) is 5.10 Å². The number of halogens is 2. The van der Waals surface area contributed by atoms with E-state index in [0.29, 0.717) is 22.0 Å². The van der Waals surface area contributed by atoms with Gasteiger partial charge in [0.15, 0.2) is 5.58 Å². The second kappa shape index (κ2) is 7.16. The highest BCUT2D eigenvalue weighted by atomic mass is 79.9. The summed E-state index contributed by atoms with van der Waals surface area (Å²) in [6.07, 6.45) is 0.864. The fraction of sp³-hybridized carbons (Fsp3) is 0.188. The molecule has 0 aliphatic carbocycles. The Labute approximate surface area is 159 Å². The molecule has 0 spiro atoms. The molecule has 0 unspecified atom stereocenters. The number of benzene rings is 1. The lowest BCUT2D eigenvalue weighted by Crippen LogP contribution is -2.03. The molecular formula is C16H13Br2N3O2S. The lowest BCUT2D eigenvalue weighted by molar-refractivity contribution is 0.561. The SMILES string of the molecule is CC/C(C)=N/Nc1nc(-c2cc3cc(Br)cc(Br)c3oc2=O)cs1. The zero-order chi connectivity index (χ0) is 17.3. The Morgan fingerprint density at radius 1 is 1.38 bits per heavy atom. The second-order valence-electron chi connectivity index (χ2n) is 5.10. The van der Waals surface area contributed by atoms with Crippen LogP contribution in [-0.4, -0.2) is 10.7 Å². The molecule has 0 aliphatic heterocycles. The van der Waals surface area contributed by atoms with Crippen LogP contribution in [-0.2, 0) is 0 Å². The topological polar surface area (TPSA) is 67.5 Å². The Hall–Kier alpha value is -1.51. The number of rotatable bonds is 4. The zero-order valence-electron chi connectivity index (χ0n) is 12.9. The molecule has 2 heterocycles. The largest absolute Gasteiger partial charge is 0.421 e. The molecule has 5 nitrogen and oxygen atoms in total. The third-order valence-electron chi connectivity index (χ3n) is 3.39. The van der Waals surface area contributed by atoms with Crippen molar-refractivity contribution in [2.75, 3.05) is 5.43 Å². The quantitative estimate of drug-likeness (QED) is 0.304. The van der Waals surface area contributed by atoms with Gasteiger partial charge in [-0.1, -0.05) is 22.9 Å². The predicted octanol–water partition coefficient (Wildman–Crippen LogP) is 5.64. The summed E-state index contributed by atoms with van der Waals surface area (Å²) in [6, 6.07) is 5.52. The molecule has 0 saturated carbocycles. The number of thiazole rings is 1. The Morgan fingerprint density at radius 3 is 2.92 bits per heavy atom. The lowest BCUT2D eigenvalue weighted by Gasteiger charge is -2.03. The van der Waals surface area contributed by atoms with Crippen molar-refractivity contribution in [3.63, 3.8) is 0 Å². The third-order valence-corrected chi connectivity index (χ3v) is 5.18. The van der Waals surface area contributed by atoms with E-state index in [4.69, 9.17) is 4.42 Å². The van der Waals surface area contributed by atoms with Gasteiger partial charge in [0.2, 0.25) is 5.13 Å². The van der Waals surface area contributed by atoms with E-state index in [-0.39, 0.29) is 0 Å². The van der Waals surface area contributed by atoms with Crippen LogP contribution in [0.5, 0.6) is 0 Å². The van der Waals surface area contributed by atoms with E-state index < -0.39 is 5.63 Å². The van der Waals surface area contributed by atoms with Crippen molar-refractivity contribution in [3.05, 3.63) is 42.9 Å². The number of hydrogen-bond acceptors (Lipinski definition) is 6. The molecule has 3 aromatic rings. The molecule has 0 aliphatic rings. The van der Waals surface area contributed by atoms with E-state index >= 15 is 0 Å². The minimum absolute atomic E-state index is 0.421. The highest BCUT2D eigenvalue weighted by Gasteiger charge is 2.13. The van der Waals surface area contributed by atoms with Gasteiger partial charge in [-0.2, -0.15) is 5.10 Å². The zero-order valence-corrected chi connectivity index (χ0v) is 16.9. The Morgan fingerprint density at radius 2 is 2.17 bits per heavy atom. The highest BCUT2D eigenvalue weighted by molar-refractivity contribution is 9.11. The van der Waals surface area contributed by atoms with E-state index in [2.05, 4.69) is 47.4 Å². The van der Waals surface area contributed by atoms with Gasteiger partial charge in [0.25, 0.3) is 0 Å². The summed E-state index contributed by atoms with van der Waals surface area (Å²) >= 11 is 8.23. The summed E-state index contributed by atoms with van der Waals surface area (Å²) in [6.45, 7) is 3.97. The summed E-state index contributed by atoms with van der Waals surface area (Å²) in [5, 5.41) is 7.47. The molecule has 0 fully saturated rings. The molecular weight excluding hydrogens is 458 g/mol. The van der Waals surface area contributed by atoms with Gasteiger partial charge in [-0.05, 0) is 47.5 Å². The molecule has 0 bridgehead atoms. The van der Waals surface area contributed by atoms with E-state index in [1.54, 1.807) is 6.07 Å². The fourth-order valence-electron chi connectivity index (χ4n) is 2.01. The highest BCUT2D eigenvalue weighted by Crippen LogP contribution is 2.31. The van der Waals surface area contributed by atoms with Crippen molar-refractivity contribution < 1.29 is 4.42 Å². The summed E-state index contributed by atoms with van der Waals surface area (Å²) in [5.74, 6) is 0. The summed E-state index contributed by atoms with van der Waals surface area (Å²) in [4.78, 5) is 16.7. The molecule has 124 valence electrons. The Balaban J connectivity index is 2.02. The molecule has 0 saturated heterocycles. The predicted molar refractivity (Wildman–Crippen MR) is 106 cm³/mol. The van der Waals surface area contributed by atoms with E-state index in [1.165, 1.54) is 11.3 Å². The van der Waals surface area contributed by atoms with Crippen molar-refractivity contribution in [2.45, 2.75) is 20.3 Å². The smallest absolute Gasteiger partial charge is 0.345 e. The standard InChI is InChI=1S/C16H13Br2N3O2S/c1-3-8(2)20-21-16-19-13(7-24-16)11-5-9-4-10(17)6-12(18)14(9)23-15(11)22/h4-7H,3H2,1-2H3,(H,19,21)/b20-8+. The second-order valence-corrected chi connectivity index (χ2v) is 7.73. The molecule has 0 amide bonds. The van der Waals surface area contributed by atoms with Gasteiger partial charge < -0.3 is 4.42 Å². The van der Waals surface area contributed by atoms with Crippen molar-refractivity contribution >= 4 is 65.0 Å². The molecule has 0 atom stereocenters. The first-order valence-electron chi connectivity index (χ1n) is 7.16. The van der Waals surface area contributed by atoms with Gasteiger partial charge in [0.05, 0.1) is 15.7 Å². The number of hydrazone groups is 1. The van der Waals surface area contributed by atoms with E-state index in [1.807, 2.05) is 31.4 Å². The van der Waals surface area contributed by atoms with Gasteiger partial charge in [-0.3, -0.25) is 5.43 Å². The number of nitrogens with zero attached hydrogens (tertiary/aromatic N) is 2. The van der Waals surface area contributed by atoms with Crippen LogP contribution in [0, 0.1) is 0 Å². The van der Waals surface area contributed by atoms with Crippen LogP contribution in [0.25, 0.3) is 22.2 Å². The first-order chi connectivity index (χ1) is 11.5. The van der Waals surface area contributed by atoms with Crippen LogP contribution in [0.1, 0.15) is 20.3 Å². The molecule has 2 aromatic heterocycles. The van der Waals surface area contributed by atoms with Crippen LogP contribution in [0.2, 0.25) is 0 Å². The van der Waals surface area contributed by atoms with Crippen LogP contribution < -0.4 is 11.1 Å². The van der Waals surface area contributed by atoms with Crippen molar-refractivity contribution in [1.82, 2.24) is 4.98 Å². The molecule has 8 heteroatoms. The maximum atomic E-state index is 12.3. The van der Waals surface area contributed by atoms with Gasteiger partial charge >= 0.3 is 5.63 Å². The molecule has 3 rings (SSSR count). The minimum atomic E-state index is -0.421. The summed E-state index contributed by atoms with van der Waals surface area (Å²) < 4.78 is 7.07. The number of hydrogen-bond donors (Lipinski definition) is 1. The molecule has 1 N–H and O–H groups in total. The summed E-state index contributed by atoms with van der Waals surface area (Å²) in [5.41, 5.74) is 4.98. The number of anilines is 1. The van der Waals surface area contributed by atoms with Crippen LogP contribution >= 0.6 is 43.2 Å². The van der Waals surface area contributed by atoms with Crippen LogP contribution in [0.3, 0.4) is 0 Å². The number of fused-ring (bicyclic) bond motifs is 1. The van der Waals surface area contributed by atoms with Crippen LogP contribution in [0.15, 0.2) is 46.8 Å². The van der Waals surface area contributed by atoms with Gasteiger partial charge in [0.1, 0.15) is 0 Å². The number of aromatic nitrogens is 1. The summed E-state index contributed by atoms with van der Waals surface area (Å²) in [7, 11) is 0. The fourth-order valence-corrected chi connectivity index (χ4v) is 4.00. The maximum Gasteiger partial charge on any atom is 0.345 e. The Bertz CT molecular complexity index is 995. The van der Waals surface area contributed by atoms with Crippen molar-refractivity contribution in [1.29, 1.82) is 0 Å². The first-order valence-corrected chi connectivity index (χ1v) is 9.62. The minimum Gasteiger partial charge on any atom is -0.421 e. The van der Waals surface area contributed by atoms with E-state index in [0.717, 1.165) is 26.5 Å². The molecule has 24 heavy (non-hydrogen) atoms. The lowest BCUT2D eigenvalue weighted by atomic mass is 10.1. The van der Waals surface area contributed by atoms with Gasteiger partial charge in [-0.15, -0.1) is 11.3 Å². The maximum absolute atomic E-state index is 12.3. The van der Waals surface area contributed by atoms with Crippen molar-refractivity contribution in [3.8, 4) is 11.3 Å². The average molecular weight is 471 g/mol. The van der Waals surface area contributed by atoms with Gasteiger partial charge in [-0.25, -0.2) is 9.78 Å². The Kier molecular flexibility index (Phi) is 5.17. The molecule has 1 aromatic carbocycles. The molecule has 0 radical (unpaired) electrons.